The first-order chi connectivity index (χ1) is 24.5. The van der Waals surface area contributed by atoms with E-state index in [4.69, 9.17) is 18.5 Å². The predicted molar refractivity (Wildman–Crippen MR) is 208 cm³/mol. The third kappa shape index (κ3) is 37.8. The van der Waals surface area contributed by atoms with Gasteiger partial charge in [-0.05, 0) is 64.2 Å². The first kappa shape index (κ1) is 49.2. The topological polar surface area (TPSA) is 111 Å². The molecule has 0 rings (SSSR count). The molecule has 10 heteroatoms. The largest absolute Gasteiger partial charge is 0.756 e. The Bertz CT molecular complexity index is 975. The SMILES string of the molecule is CCCC/C=C/C/C=C/CCCCCCCC(=O)O[C@H](COC(=O)CCCCCCC/C=C/CCCCCC)COP(=O)([O-])OCC[N+](C)(C)C. The molecule has 2 atom stereocenters. The number of ether oxygens (including phenoxy) is 2. The van der Waals surface area contributed by atoms with Gasteiger partial charge in [-0.2, -0.15) is 0 Å². The van der Waals surface area contributed by atoms with Crippen LogP contribution in [0.4, 0.5) is 0 Å². The van der Waals surface area contributed by atoms with Crippen LogP contribution in [0.5, 0.6) is 0 Å². The maximum absolute atomic E-state index is 12.6. The second-order valence-corrected chi connectivity index (χ2v) is 16.1. The molecule has 0 saturated heterocycles. The van der Waals surface area contributed by atoms with Gasteiger partial charge in [-0.25, -0.2) is 0 Å². The summed E-state index contributed by atoms with van der Waals surface area (Å²) in [5.74, 6) is -0.863. The van der Waals surface area contributed by atoms with Crippen LogP contribution < -0.4 is 4.89 Å². The zero-order chi connectivity index (χ0) is 37.9. The summed E-state index contributed by atoms with van der Waals surface area (Å²) in [6.45, 7) is 4.13. The number of rotatable bonds is 36. The minimum atomic E-state index is -4.62. The van der Waals surface area contributed by atoms with E-state index in [1.165, 1.54) is 44.9 Å². The van der Waals surface area contributed by atoms with Gasteiger partial charge in [-0.3, -0.25) is 14.2 Å². The first-order valence-electron chi connectivity index (χ1n) is 20.2. The lowest BCUT2D eigenvalue weighted by molar-refractivity contribution is -0.870. The minimum absolute atomic E-state index is 0.0354. The molecule has 0 amide bonds. The average Bonchev–Trinajstić information content (AvgIpc) is 3.07. The van der Waals surface area contributed by atoms with E-state index in [0.29, 0.717) is 17.4 Å². The van der Waals surface area contributed by atoms with Crippen molar-refractivity contribution in [3.05, 3.63) is 36.5 Å². The number of unbranched alkanes of at least 4 members (excludes halogenated alkanes) is 16. The Hall–Kier alpha value is -1.77. The molecule has 0 aliphatic heterocycles. The van der Waals surface area contributed by atoms with E-state index < -0.39 is 32.5 Å². The van der Waals surface area contributed by atoms with Crippen molar-refractivity contribution in [3.8, 4) is 0 Å². The molecule has 0 aliphatic carbocycles. The summed E-state index contributed by atoms with van der Waals surface area (Å²) in [5, 5.41) is 0. The highest BCUT2D eigenvalue weighted by Crippen LogP contribution is 2.38. The van der Waals surface area contributed by atoms with Gasteiger partial charge in [-0.15, -0.1) is 0 Å². The predicted octanol–water partition coefficient (Wildman–Crippen LogP) is 10.3. The van der Waals surface area contributed by atoms with Gasteiger partial charge in [0.25, 0.3) is 7.82 Å². The third-order valence-electron chi connectivity index (χ3n) is 8.38. The highest BCUT2D eigenvalue weighted by molar-refractivity contribution is 7.45. The molecule has 0 radical (unpaired) electrons. The Labute approximate surface area is 312 Å². The van der Waals surface area contributed by atoms with Crippen LogP contribution >= 0.6 is 7.82 Å². The van der Waals surface area contributed by atoms with Crippen molar-refractivity contribution in [3.63, 3.8) is 0 Å². The maximum atomic E-state index is 12.6. The normalized spacial score (nSPS) is 14.1. The first-order valence-corrected chi connectivity index (χ1v) is 21.7. The Kier molecular flexibility index (Phi) is 32.8. The second-order valence-electron chi connectivity index (χ2n) is 14.6. The van der Waals surface area contributed by atoms with Gasteiger partial charge in [0, 0.05) is 12.8 Å². The molecule has 0 aliphatic rings. The van der Waals surface area contributed by atoms with Crippen LogP contribution in [0.15, 0.2) is 36.5 Å². The Balaban J connectivity index is 4.46. The summed E-state index contributed by atoms with van der Waals surface area (Å²) in [7, 11) is 1.15. The molecule has 0 aromatic rings. The lowest BCUT2D eigenvalue weighted by Crippen LogP contribution is -2.37. The Morgan fingerprint density at radius 1 is 0.608 bits per heavy atom. The molecule has 0 heterocycles. The molecule has 298 valence electrons. The molecule has 0 saturated carbocycles. The van der Waals surface area contributed by atoms with Gasteiger partial charge < -0.3 is 27.9 Å². The monoisotopic (exact) mass is 742 g/mol. The smallest absolute Gasteiger partial charge is 0.306 e. The number of quaternary nitrogens is 1. The molecule has 1 unspecified atom stereocenters. The number of hydrogen-bond acceptors (Lipinski definition) is 8. The number of likely N-dealkylation sites (N-methyl/N-ethyl adjacent to an activating group) is 1. The summed E-state index contributed by atoms with van der Waals surface area (Å²) in [4.78, 5) is 37.4. The number of nitrogens with zero attached hydrogens (tertiary/aromatic N) is 1. The van der Waals surface area contributed by atoms with Crippen LogP contribution in [0, 0.1) is 0 Å². The van der Waals surface area contributed by atoms with Crippen molar-refractivity contribution < 1.29 is 42.1 Å². The van der Waals surface area contributed by atoms with Gasteiger partial charge in [0.05, 0.1) is 27.7 Å². The fourth-order valence-electron chi connectivity index (χ4n) is 5.13. The summed E-state index contributed by atoms with van der Waals surface area (Å²) in [6, 6.07) is 0. The lowest BCUT2D eigenvalue weighted by atomic mass is 10.1. The molecule has 0 spiro atoms. The summed E-state index contributed by atoms with van der Waals surface area (Å²) >= 11 is 0. The standard InChI is InChI=1S/C41H76NO8P/c1-6-8-10-12-14-16-18-20-22-24-26-28-30-32-34-41(44)50-39(38-49-51(45,46)48-36-35-42(3,4)5)37-47-40(43)33-31-29-27-25-23-21-19-17-15-13-11-9-7-2/h12,14,17-20,39H,6-11,13,15-16,21-38H2,1-5H3/b14-12+,19-17+,20-18+/t39-/m1/s1. The number of carbonyl (C=O) groups excluding carboxylic acids is 2. The van der Waals surface area contributed by atoms with Crippen molar-refractivity contribution in [2.75, 3.05) is 47.5 Å². The molecular weight excluding hydrogens is 665 g/mol. The Morgan fingerprint density at radius 2 is 1.08 bits per heavy atom. The number of allylic oxidation sites excluding steroid dienone is 6. The quantitative estimate of drug-likeness (QED) is 0.0205. The molecule has 0 N–H and O–H groups in total. The molecule has 0 bridgehead atoms. The fraction of sp³-hybridized carbons (Fsp3) is 0.805. The van der Waals surface area contributed by atoms with E-state index in [9.17, 15) is 19.0 Å². The molecular formula is C41H76NO8P. The molecule has 0 aromatic carbocycles. The van der Waals surface area contributed by atoms with Gasteiger partial charge >= 0.3 is 11.9 Å². The number of phosphoric ester groups is 1. The van der Waals surface area contributed by atoms with E-state index >= 15 is 0 Å². The van der Waals surface area contributed by atoms with Crippen molar-refractivity contribution in [2.45, 2.75) is 168 Å². The molecule has 51 heavy (non-hydrogen) atoms. The highest BCUT2D eigenvalue weighted by Gasteiger charge is 2.21. The van der Waals surface area contributed by atoms with Crippen LogP contribution in [-0.2, 0) is 32.7 Å². The minimum Gasteiger partial charge on any atom is -0.756 e. The van der Waals surface area contributed by atoms with E-state index in [2.05, 4.69) is 50.3 Å². The molecule has 9 nitrogen and oxygen atoms in total. The van der Waals surface area contributed by atoms with Crippen LogP contribution in [0.25, 0.3) is 0 Å². The van der Waals surface area contributed by atoms with Crippen molar-refractivity contribution in [1.82, 2.24) is 0 Å². The zero-order valence-corrected chi connectivity index (χ0v) is 34.2. The summed E-state index contributed by atoms with van der Waals surface area (Å²) in [6.07, 6.45) is 35.9. The molecule has 0 fully saturated rings. The van der Waals surface area contributed by atoms with Gasteiger partial charge in [0.1, 0.15) is 19.8 Å². The lowest BCUT2D eigenvalue weighted by Gasteiger charge is -2.28. The van der Waals surface area contributed by atoms with Crippen molar-refractivity contribution in [2.24, 2.45) is 0 Å². The van der Waals surface area contributed by atoms with Crippen molar-refractivity contribution >= 4 is 19.8 Å². The van der Waals surface area contributed by atoms with Gasteiger partial charge in [-0.1, -0.05) is 121 Å². The van der Waals surface area contributed by atoms with Crippen LogP contribution in [0.3, 0.4) is 0 Å². The number of esters is 2. The fourth-order valence-corrected chi connectivity index (χ4v) is 5.86. The van der Waals surface area contributed by atoms with E-state index in [1.54, 1.807) is 0 Å². The second kappa shape index (κ2) is 34.0. The van der Waals surface area contributed by atoms with Crippen LogP contribution in [-0.4, -0.2) is 70.0 Å². The number of phosphoric acid groups is 1. The van der Waals surface area contributed by atoms with Gasteiger partial charge in [0.15, 0.2) is 6.10 Å². The van der Waals surface area contributed by atoms with Crippen LogP contribution in [0.1, 0.15) is 162 Å². The summed E-state index contributed by atoms with van der Waals surface area (Å²) in [5.41, 5.74) is 0. The van der Waals surface area contributed by atoms with E-state index in [-0.39, 0.29) is 26.1 Å². The number of carbonyl (C=O) groups is 2. The number of hydrogen-bond donors (Lipinski definition) is 0. The van der Waals surface area contributed by atoms with E-state index in [1.807, 2.05) is 21.1 Å². The van der Waals surface area contributed by atoms with E-state index in [0.717, 1.165) is 83.5 Å². The highest BCUT2D eigenvalue weighted by atomic mass is 31.2. The van der Waals surface area contributed by atoms with Crippen LogP contribution in [0.2, 0.25) is 0 Å². The molecule has 0 aromatic heterocycles. The summed E-state index contributed by atoms with van der Waals surface area (Å²) < 4.78 is 33.8. The van der Waals surface area contributed by atoms with Crippen molar-refractivity contribution in [1.29, 1.82) is 0 Å². The zero-order valence-electron chi connectivity index (χ0n) is 33.3. The van der Waals surface area contributed by atoms with Gasteiger partial charge in [0.2, 0.25) is 0 Å². The average molecular weight is 742 g/mol. The Morgan fingerprint density at radius 3 is 1.63 bits per heavy atom. The maximum Gasteiger partial charge on any atom is 0.306 e. The third-order valence-corrected chi connectivity index (χ3v) is 9.35.